The molecule has 0 radical (unpaired) electrons. The van der Waals surface area contributed by atoms with E-state index in [4.69, 9.17) is 0 Å². The minimum absolute atomic E-state index is 0.260. The Morgan fingerprint density at radius 3 is 2.52 bits per heavy atom. The van der Waals surface area contributed by atoms with Crippen LogP contribution in [-0.4, -0.2) is 26.8 Å². The van der Waals surface area contributed by atoms with Crippen molar-refractivity contribution >= 4 is 28.6 Å². The van der Waals surface area contributed by atoms with E-state index in [-0.39, 0.29) is 11.5 Å². The largest absolute Gasteiger partial charge is 0.367 e. The summed E-state index contributed by atoms with van der Waals surface area (Å²) >= 11 is 0. The molecule has 0 atom stereocenters. The summed E-state index contributed by atoms with van der Waals surface area (Å²) in [6, 6.07) is 6.33. The zero-order valence-electron chi connectivity index (χ0n) is 11.3. The highest BCUT2D eigenvalue weighted by Crippen LogP contribution is 2.25. The lowest BCUT2D eigenvalue weighted by Crippen LogP contribution is -2.08. The first-order chi connectivity index (χ1) is 10.3. The predicted octanol–water partition coefficient (Wildman–Crippen LogP) is 2.72. The molecule has 2 aromatic heterocycles. The van der Waals surface area contributed by atoms with E-state index < -0.39 is 0 Å². The fourth-order valence-electron chi connectivity index (χ4n) is 1.78. The number of hydrogen-bond acceptors (Lipinski definition) is 7. The molecule has 3 aromatic rings. The Balaban J connectivity index is 2.00. The van der Waals surface area contributed by atoms with Crippen LogP contribution < -0.4 is 10.6 Å². The van der Waals surface area contributed by atoms with E-state index >= 15 is 0 Å². The van der Waals surface area contributed by atoms with Crippen LogP contribution in [0.2, 0.25) is 0 Å². The highest BCUT2D eigenvalue weighted by atomic mass is 19.1. The SMILES string of the molecule is CCCNc1nc2nonc2nc1Nc1ccccc1F. The van der Waals surface area contributed by atoms with Crippen LogP contribution in [0.1, 0.15) is 13.3 Å². The Labute approximate surface area is 119 Å². The zero-order chi connectivity index (χ0) is 14.7. The van der Waals surface area contributed by atoms with Gasteiger partial charge in [-0.05, 0) is 28.9 Å². The van der Waals surface area contributed by atoms with E-state index in [0.717, 1.165) is 6.42 Å². The van der Waals surface area contributed by atoms with Gasteiger partial charge < -0.3 is 10.6 Å². The number of anilines is 3. The van der Waals surface area contributed by atoms with Crippen molar-refractivity contribution in [1.29, 1.82) is 0 Å². The molecule has 8 heteroatoms. The van der Waals surface area contributed by atoms with Crippen LogP contribution in [0.4, 0.5) is 21.7 Å². The Kier molecular flexibility index (Phi) is 3.59. The van der Waals surface area contributed by atoms with Crippen molar-refractivity contribution in [2.45, 2.75) is 13.3 Å². The number of aromatic nitrogens is 4. The number of rotatable bonds is 5. The highest BCUT2D eigenvalue weighted by molar-refractivity contribution is 5.76. The first-order valence-corrected chi connectivity index (χ1v) is 6.53. The molecule has 0 bridgehead atoms. The van der Waals surface area contributed by atoms with Crippen LogP contribution in [-0.2, 0) is 0 Å². The maximum Gasteiger partial charge on any atom is 0.245 e. The Bertz CT molecular complexity index is 759. The average Bonchev–Trinajstić information content (AvgIpc) is 2.94. The van der Waals surface area contributed by atoms with Gasteiger partial charge in [-0.3, -0.25) is 0 Å². The van der Waals surface area contributed by atoms with Gasteiger partial charge in [-0.25, -0.2) is 19.0 Å². The van der Waals surface area contributed by atoms with Crippen molar-refractivity contribution < 1.29 is 9.02 Å². The predicted molar refractivity (Wildman–Crippen MR) is 75.9 cm³/mol. The molecule has 7 nitrogen and oxygen atoms in total. The lowest BCUT2D eigenvalue weighted by Gasteiger charge is -2.11. The molecule has 0 aliphatic rings. The van der Waals surface area contributed by atoms with Gasteiger partial charge in [0.1, 0.15) is 5.82 Å². The minimum Gasteiger partial charge on any atom is -0.367 e. The fraction of sp³-hybridized carbons (Fsp3) is 0.231. The smallest absolute Gasteiger partial charge is 0.245 e. The summed E-state index contributed by atoms with van der Waals surface area (Å²) in [7, 11) is 0. The maximum absolute atomic E-state index is 13.7. The van der Waals surface area contributed by atoms with E-state index in [2.05, 4.69) is 35.5 Å². The summed E-state index contributed by atoms with van der Waals surface area (Å²) in [6.45, 7) is 2.73. The van der Waals surface area contributed by atoms with Crippen molar-refractivity contribution in [1.82, 2.24) is 20.3 Å². The molecular formula is C13H13FN6O. The summed E-state index contributed by atoms with van der Waals surface area (Å²) in [4.78, 5) is 8.53. The molecule has 3 rings (SSSR count). The second kappa shape index (κ2) is 5.70. The van der Waals surface area contributed by atoms with Gasteiger partial charge in [0.05, 0.1) is 5.69 Å². The minimum atomic E-state index is -0.376. The van der Waals surface area contributed by atoms with Gasteiger partial charge in [-0.2, -0.15) is 0 Å². The number of fused-ring (bicyclic) bond motifs is 1. The molecular weight excluding hydrogens is 275 g/mol. The Morgan fingerprint density at radius 2 is 1.81 bits per heavy atom. The van der Waals surface area contributed by atoms with Gasteiger partial charge in [0, 0.05) is 6.54 Å². The van der Waals surface area contributed by atoms with Crippen molar-refractivity contribution in [3.8, 4) is 0 Å². The first-order valence-electron chi connectivity index (χ1n) is 6.53. The first kappa shape index (κ1) is 13.2. The monoisotopic (exact) mass is 288 g/mol. The van der Waals surface area contributed by atoms with Crippen LogP contribution in [0, 0.1) is 5.82 Å². The molecule has 0 aliphatic heterocycles. The van der Waals surface area contributed by atoms with Crippen molar-refractivity contribution in [3.63, 3.8) is 0 Å². The number of para-hydroxylation sites is 1. The van der Waals surface area contributed by atoms with Crippen molar-refractivity contribution in [2.24, 2.45) is 0 Å². The molecule has 0 unspecified atom stereocenters. The Hall–Kier alpha value is -2.77. The van der Waals surface area contributed by atoms with Gasteiger partial charge >= 0.3 is 0 Å². The molecule has 108 valence electrons. The maximum atomic E-state index is 13.7. The molecule has 2 heterocycles. The van der Waals surface area contributed by atoms with Crippen LogP contribution in [0.25, 0.3) is 11.3 Å². The molecule has 0 fully saturated rings. The molecule has 0 amide bonds. The van der Waals surface area contributed by atoms with E-state index in [1.165, 1.54) is 6.07 Å². The molecule has 21 heavy (non-hydrogen) atoms. The lowest BCUT2D eigenvalue weighted by molar-refractivity contribution is 0.314. The quantitative estimate of drug-likeness (QED) is 0.746. The molecule has 1 aromatic carbocycles. The molecule has 0 aliphatic carbocycles. The number of halogens is 1. The van der Waals surface area contributed by atoms with E-state index in [1.54, 1.807) is 18.2 Å². The molecule has 2 N–H and O–H groups in total. The summed E-state index contributed by atoms with van der Waals surface area (Å²) in [5.74, 6) is 0.471. The average molecular weight is 288 g/mol. The number of hydrogen-bond donors (Lipinski definition) is 2. The molecule has 0 spiro atoms. The van der Waals surface area contributed by atoms with E-state index in [1.807, 2.05) is 6.92 Å². The number of benzene rings is 1. The van der Waals surface area contributed by atoms with Crippen LogP contribution in [0.15, 0.2) is 28.9 Å². The fourth-order valence-corrected chi connectivity index (χ4v) is 1.78. The highest BCUT2D eigenvalue weighted by Gasteiger charge is 2.13. The summed E-state index contributed by atoms with van der Waals surface area (Å²) in [5.41, 5.74) is 0.866. The van der Waals surface area contributed by atoms with Gasteiger partial charge in [-0.15, -0.1) is 0 Å². The Morgan fingerprint density at radius 1 is 1.10 bits per heavy atom. The van der Waals surface area contributed by atoms with Crippen LogP contribution >= 0.6 is 0 Å². The van der Waals surface area contributed by atoms with E-state index in [9.17, 15) is 4.39 Å². The topological polar surface area (TPSA) is 88.8 Å². The van der Waals surface area contributed by atoms with Crippen molar-refractivity contribution in [2.75, 3.05) is 17.2 Å². The van der Waals surface area contributed by atoms with Crippen LogP contribution in [0.5, 0.6) is 0 Å². The molecule has 0 saturated carbocycles. The summed E-state index contributed by atoms with van der Waals surface area (Å²) in [6.07, 6.45) is 0.913. The van der Waals surface area contributed by atoms with Crippen molar-refractivity contribution in [3.05, 3.63) is 30.1 Å². The summed E-state index contributed by atoms with van der Waals surface area (Å²) < 4.78 is 18.3. The summed E-state index contributed by atoms with van der Waals surface area (Å²) in [5, 5.41) is 13.3. The van der Waals surface area contributed by atoms with Gasteiger partial charge in [0.25, 0.3) is 0 Å². The van der Waals surface area contributed by atoms with Gasteiger partial charge in [0.2, 0.25) is 11.3 Å². The second-order valence-corrected chi connectivity index (χ2v) is 4.36. The third-order valence-electron chi connectivity index (χ3n) is 2.78. The normalized spacial score (nSPS) is 10.8. The van der Waals surface area contributed by atoms with E-state index in [0.29, 0.717) is 29.5 Å². The number of nitrogens with zero attached hydrogens (tertiary/aromatic N) is 4. The van der Waals surface area contributed by atoms with Crippen LogP contribution in [0.3, 0.4) is 0 Å². The van der Waals surface area contributed by atoms with Gasteiger partial charge in [0.15, 0.2) is 11.6 Å². The molecule has 0 saturated heterocycles. The third-order valence-corrected chi connectivity index (χ3v) is 2.78. The number of nitrogens with one attached hydrogen (secondary N) is 2. The zero-order valence-corrected chi connectivity index (χ0v) is 11.3. The third kappa shape index (κ3) is 2.73. The second-order valence-electron chi connectivity index (χ2n) is 4.36. The standard InChI is InChI=1S/C13H13FN6O/c1-2-7-15-10-11(16-9-6-4-3-5-8(9)14)18-13-12(17-10)19-21-20-13/h3-6H,2,7H2,1H3,(H,15,17,19)(H,16,18,20). The van der Waals surface area contributed by atoms with Gasteiger partial charge in [-0.1, -0.05) is 19.1 Å². The lowest BCUT2D eigenvalue weighted by atomic mass is 10.3.